The van der Waals surface area contributed by atoms with Gasteiger partial charge in [0.2, 0.25) is 5.78 Å². The van der Waals surface area contributed by atoms with Crippen LogP contribution in [0.1, 0.15) is 47.0 Å². The lowest BCUT2D eigenvalue weighted by Gasteiger charge is -2.28. The van der Waals surface area contributed by atoms with E-state index >= 15 is 0 Å². The summed E-state index contributed by atoms with van der Waals surface area (Å²) in [6.45, 7) is 7.74. The number of Topliss-reactive ketones (excluding diaryl/α,β-unsaturated/α-hetero) is 1. The van der Waals surface area contributed by atoms with Gasteiger partial charge in [-0.05, 0) is 40.5 Å². The molecule has 1 atom stereocenters. The van der Waals surface area contributed by atoms with E-state index in [1.807, 2.05) is 0 Å². The summed E-state index contributed by atoms with van der Waals surface area (Å²) < 4.78 is 9.97. The predicted octanol–water partition coefficient (Wildman–Crippen LogP) is 1.91. The highest BCUT2D eigenvalue weighted by atomic mass is 16.6. The Kier molecular flexibility index (Phi) is 5.53. The molecule has 0 aromatic carbocycles. The van der Waals surface area contributed by atoms with Gasteiger partial charge in [0.1, 0.15) is 5.60 Å². The molecule has 0 aliphatic carbocycles. The molecule has 20 heavy (non-hydrogen) atoms. The molecular formula is C14H23NO5. The number of esters is 1. The van der Waals surface area contributed by atoms with Gasteiger partial charge in [0.15, 0.2) is 0 Å². The average Bonchev–Trinajstić information content (AvgIpc) is 2.75. The van der Waals surface area contributed by atoms with Crippen LogP contribution in [0, 0.1) is 0 Å². The Hall–Kier alpha value is -1.59. The van der Waals surface area contributed by atoms with Crippen molar-refractivity contribution in [2.24, 2.45) is 0 Å². The molecule has 6 nitrogen and oxygen atoms in total. The van der Waals surface area contributed by atoms with Gasteiger partial charge in [-0.2, -0.15) is 0 Å². The van der Waals surface area contributed by atoms with Gasteiger partial charge in [-0.25, -0.2) is 9.59 Å². The minimum Gasteiger partial charge on any atom is -0.460 e. The number of likely N-dealkylation sites (tertiary alicyclic amines) is 1. The highest BCUT2D eigenvalue weighted by Crippen LogP contribution is 2.23. The first kappa shape index (κ1) is 16.5. The first-order valence-corrected chi connectivity index (χ1v) is 6.94. The lowest BCUT2D eigenvalue weighted by Crippen LogP contribution is -2.41. The minimum absolute atomic E-state index is 0.00191. The molecule has 1 rings (SSSR count). The Balaban J connectivity index is 2.59. The zero-order chi connectivity index (χ0) is 15.3. The van der Waals surface area contributed by atoms with Crippen LogP contribution in [0.25, 0.3) is 0 Å². The number of hydrogen-bond acceptors (Lipinski definition) is 5. The van der Waals surface area contributed by atoms with E-state index < -0.39 is 23.4 Å². The summed E-state index contributed by atoms with van der Waals surface area (Å²) in [6.07, 6.45) is 1.07. The third-order valence-electron chi connectivity index (χ3n) is 2.93. The molecule has 0 radical (unpaired) electrons. The first-order valence-electron chi connectivity index (χ1n) is 6.94. The maximum atomic E-state index is 12.0. The van der Waals surface area contributed by atoms with Gasteiger partial charge in [-0.1, -0.05) is 0 Å². The highest BCUT2D eigenvalue weighted by molar-refractivity contribution is 6.33. The minimum atomic E-state index is -0.830. The van der Waals surface area contributed by atoms with E-state index in [1.54, 1.807) is 27.7 Å². The Bertz CT molecular complexity index is 386. The molecule has 0 N–H and O–H groups in total. The molecule has 1 amide bonds. The van der Waals surface area contributed by atoms with Crippen LogP contribution in [0.5, 0.6) is 0 Å². The van der Waals surface area contributed by atoms with E-state index in [-0.39, 0.29) is 19.1 Å². The fourth-order valence-corrected chi connectivity index (χ4v) is 2.12. The number of carbonyl (C=O) groups is 3. The molecule has 0 saturated carbocycles. The number of amides is 1. The maximum absolute atomic E-state index is 12.0. The van der Waals surface area contributed by atoms with Crippen LogP contribution in [0.2, 0.25) is 0 Å². The summed E-state index contributed by atoms with van der Waals surface area (Å²) >= 11 is 0. The topological polar surface area (TPSA) is 72.9 Å². The molecule has 0 spiro atoms. The number of ether oxygens (including phenoxy) is 2. The molecule has 0 aromatic rings. The zero-order valence-corrected chi connectivity index (χ0v) is 12.6. The van der Waals surface area contributed by atoms with E-state index in [4.69, 9.17) is 4.74 Å². The van der Waals surface area contributed by atoms with E-state index in [2.05, 4.69) is 4.74 Å². The fourth-order valence-electron chi connectivity index (χ4n) is 2.12. The molecule has 1 saturated heterocycles. The van der Waals surface area contributed by atoms with Crippen molar-refractivity contribution in [3.05, 3.63) is 0 Å². The molecule has 1 heterocycles. The van der Waals surface area contributed by atoms with Crippen LogP contribution in [0.4, 0.5) is 4.79 Å². The van der Waals surface area contributed by atoms with E-state index in [0.29, 0.717) is 13.0 Å². The van der Waals surface area contributed by atoms with Gasteiger partial charge in [0, 0.05) is 19.0 Å². The van der Waals surface area contributed by atoms with Crippen molar-refractivity contribution in [3.63, 3.8) is 0 Å². The monoisotopic (exact) mass is 285 g/mol. The van der Waals surface area contributed by atoms with E-state index in [1.165, 1.54) is 4.90 Å². The van der Waals surface area contributed by atoms with Gasteiger partial charge < -0.3 is 14.4 Å². The number of rotatable bonds is 4. The van der Waals surface area contributed by atoms with Crippen LogP contribution in [-0.2, 0) is 19.1 Å². The molecule has 1 aliphatic rings. The quantitative estimate of drug-likeness (QED) is 0.582. The third kappa shape index (κ3) is 4.83. The van der Waals surface area contributed by atoms with Crippen molar-refractivity contribution in [3.8, 4) is 0 Å². The molecule has 1 fully saturated rings. The van der Waals surface area contributed by atoms with Gasteiger partial charge in [0.25, 0.3) is 0 Å². The Labute approximate surface area is 119 Å². The lowest BCUT2D eigenvalue weighted by atomic mass is 10.1. The van der Waals surface area contributed by atoms with Crippen molar-refractivity contribution in [2.75, 3.05) is 13.2 Å². The maximum Gasteiger partial charge on any atom is 0.410 e. The largest absolute Gasteiger partial charge is 0.460 e. The summed E-state index contributed by atoms with van der Waals surface area (Å²) in [5, 5.41) is 0. The van der Waals surface area contributed by atoms with Crippen molar-refractivity contribution >= 4 is 17.8 Å². The molecule has 0 aromatic heterocycles. The molecule has 1 aliphatic heterocycles. The Morgan fingerprint density at radius 3 is 2.45 bits per heavy atom. The Morgan fingerprint density at radius 1 is 1.25 bits per heavy atom. The zero-order valence-electron chi connectivity index (χ0n) is 12.6. The normalized spacial score (nSPS) is 18.8. The standard InChI is InChI=1S/C14H23NO5/c1-5-19-12(17)11(16)9-10-7-6-8-15(10)13(18)20-14(2,3)4/h10H,5-9H2,1-4H3/t10-/m0/s1. The van der Waals surface area contributed by atoms with Gasteiger partial charge in [0.05, 0.1) is 6.61 Å². The van der Waals surface area contributed by atoms with Crippen molar-refractivity contribution in [2.45, 2.75) is 58.6 Å². The Morgan fingerprint density at radius 2 is 1.90 bits per heavy atom. The van der Waals surface area contributed by atoms with Crippen LogP contribution >= 0.6 is 0 Å². The van der Waals surface area contributed by atoms with Crippen LogP contribution in [0.15, 0.2) is 0 Å². The predicted molar refractivity (Wildman–Crippen MR) is 72.2 cm³/mol. The van der Waals surface area contributed by atoms with Crippen molar-refractivity contribution < 1.29 is 23.9 Å². The van der Waals surface area contributed by atoms with E-state index in [9.17, 15) is 14.4 Å². The molecule has 0 bridgehead atoms. The van der Waals surface area contributed by atoms with Crippen LogP contribution < -0.4 is 0 Å². The van der Waals surface area contributed by atoms with Crippen LogP contribution in [-0.4, -0.2) is 47.5 Å². The summed E-state index contributed by atoms with van der Waals surface area (Å²) in [7, 11) is 0. The third-order valence-corrected chi connectivity index (χ3v) is 2.93. The number of carbonyl (C=O) groups excluding carboxylic acids is 3. The SMILES string of the molecule is CCOC(=O)C(=O)C[C@@H]1CCCN1C(=O)OC(C)(C)C. The summed E-state index contributed by atoms with van der Waals surface area (Å²) in [4.78, 5) is 36.6. The van der Waals surface area contributed by atoms with E-state index in [0.717, 1.165) is 6.42 Å². The smallest absolute Gasteiger partial charge is 0.410 e. The highest BCUT2D eigenvalue weighted by Gasteiger charge is 2.34. The summed E-state index contributed by atoms with van der Waals surface area (Å²) in [6, 6.07) is -0.276. The van der Waals surface area contributed by atoms with Crippen molar-refractivity contribution in [1.82, 2.24) is 4.90 Å². The summed E-state index contributed by atoms with van der Waals surface area (Å²) in [5.41, 5.74) is -0.574. The molecule has 6 heteroatoms. The second-order valence-electron chi connectivity index (χ2n) is 5.82. The van der Waals surface area contributed by atoms with Crippen LogP contribution in [0.3, 0.4) is 0 Å². The van der Waals surface area contributed by atoms with Gasteiger partial charge >= 0.3 is 12.1 Å². The number of nitrogens with zero attached hydrogens (tertiary/aromatic N) is 1. The number of ketones is 1. The summed E-state index contributed by atoms with van der Waals surface area (Å²) in [5.74, 6) is -1.42. The second kappa shape index (κ2) is 6.72. The first-order chi connectivity index (χ1) is 9.24. The fraction of sp³-hybridized carbons (Fsp3) is 0.786. The van der Waals surface area contributed by atoms with Crippen molar-refractivity contribution in [1.29, 1.82) is 0 Å². The van der Waals surface area contributed by atoms with Gasteiger partial charge in [-0.15, -0.1) is 0 Å². The molecule has 114 valence electrons. The van der Waals surface area contributed by atoms with Gasteiger partial charge in [-0.3, -0.25) is 4.79 Å². The molecule has 0 unspecified atom stereocenters. The molecular weight excluding hydrogens is 262 g/mol. The average molecular weight is 285 g/mol. The second-order valence-corrected chi connectivity index (χ2v) is 5.82. The number of hydrogen-bond donors (Lipinski definition) is 0. The lowest BCUT2D eigenvalue weighted by molar-refractivity contribution is -0.153.